The summed E-state index contributed by atoms with van der Waals surface area (Å²) in [6.07, 6.45) is 2.63. The number of aliphatic hydroxyl groups excluding tert-OH is 1. The first-order chi connectivity index (χ1) is 6.83. The van der Waals surface area contributed by atoms with E-state index in [0.29, 0.717) is 11.8 Å². The first-order valence-electron chi connectivity index (χ1n) is 4.29. The van der Waals surface area contributed by atoms with Crippen LogP contribution in [0.5, 0.6) is 0 Å². The lowest BCUT2D eigenvalue weighted by atomic mass is 10.0. The van der Waals surface area contributed by atoms with Crippen LogP contribution in [0.1, 0.15) is 11.7 Å². The fraction of sp³-hybridized carbons (Fsp3) is 0.0909. The molecule has 1 unspecified atom stereocenters. The normalized spacial score (nSPS) is 12.6. The third-order valence-electron chi connectivity index (χ3n) is 2.15. The lowest BCUT2D eigenvalue weighted by molar-refractivity contribution is -0.115. The first-order valence-corrected chi connectivity index (χ1v) is 4.29. The molecule has 0 aliphatic rings. The zero-order valence-corrected chi connectivity index (χ0v) is 7.42. The van der Waals surface area contributed by atoms with Gasteiger partial charge in [0.25, 0.3) is 0 Å². The van der Waals surface area contributed by atoms with Gasteiger partial charge >= 0.3 is 0 Å². The van der Waals surface area contributed by atoms with Crippen molar-refractivity contribution in [3.05, 3.63) is 42.2 Å². The molecule has 0 saturated carbocycles. The summed E-state index contributed by atoms with van der Waals surface area (Å²) in [4.78, 5) is 14.4. The molecule has 0 aliphatic heterocycles. The summed E-state index contributed by atoms with van der Waals surface area (Å²) in [6.45, 7) is 0. The van der Waals surface area contributed by atoms with Crippen LogP contribution in [0, 0.1) is 0 Å². The molecule has 1 aromatic heterocycles. The summed E-state index contributed by atoms with van der Waals surface area (Å²) in [5.41, 5.74) is 0.554. The van der Waals surface area contributed by atoms with Crippen molar-refractivity contribution >= 4 is 17.1 Å². The van der Waals surface area contributed by atoms with Crippen LogP contribution in [-0.2, 0) is 4.79 Å². The number of rotatable bonds is 2. The fourth-order valence-corrected chi connectivity index (χ4v) is 1.45. The number of aromatic nitrogens is 1. The summed E-state index contributed by atoms with van der Waals surface area (Å²) < 4.78 is 0. The van der Waals surface area contributed by atoms with E-state index in [-0.39, 0.29) is 0 Å². The van der Waals surface area contributed by atoms with Crippen molar-refractivity contribution in [2.75, 3.05) is 0 Å². The maximum atomic E-state index is 10.5. The molecule has 1 N–H and O–H groups in total. The van der Waals surface area contributed by atoms with Gasteiger partial charge in [-0.2, -0.15) is 0 Å². The van der Waals surface area contributed by atoms with Gasteiger partial charge in [-0.1, -0.05) is 24.3 Å². The van der Waals surface area contributed by atoms with Crippen molar-refractivity contribution < 1.29 is 9.90 Å². The topological polar surface area (TPSA) is 50.2 Å². The van der Waals surface area contributed by atoms with Gasteiger partial charge in [-0.3, -0.25) is 4.98 Å². The highest BCUT2D eigenvalue weighted by atomic mass is 16.3. The number of hydrogen-bond donors (Lipinski definition) is 1. The summed E-state index contributed by atoms with van der Waals surface area (Å²) in [6, 6.07) is 7.51. The van der Waals surface area contributed by atoms with E-state index in [1.807, 2.05) is 24.3 Å². The van der Waals surface area contributed by atoms with Crippen LogP contribution in [0.15, 0.2) is 36.7 Å². The molecule has 0 spiro atoms. The van der Waals surface area contributed by atoms with Crippen molar-refractivity contribution in [2.24, 2.45) is 0 Å². The van der Waals surface area contributed by atoms with Crippen LogP contribution >= 0.6 is 0 Å². The molecule has 3 heteroatoms. The lowest BCUT2D eigenvalue weighted by Crippen LogP contribution is -1.99. The van der Waals surface area contributed by atoms with Crippen molar-refractivity contribution in [1.29, 1.82) is 0 Å². The van der Waals surface area contributed by atoms with E-state index in [4.69, 9.17) is 0 Å². The lowest BCUT2D eigenvalue weighted by Gasteiger charge is -2.06. The van der Waals surface area contributed by atoms with Crippen LogP contribution in [0.4, 0.5) is 0 Å². The maximum absolute atomic E-state index is 10.5. The largest absolute Gasteiger partial charge is 0.381 e. The second-order valence-corrected chi connectivity index (χ2v) is 3.03. The third kappa shape index (κ3) is 1.38. The van der Waals surface area contributed by atoms with E-state index >= 15 is 0 Å². The molecule has 0 radical (unpaired) electrons. The number of carbonyl (C=O) groups excluding carboxylic acids is 1. The molecule has 1 atom stereocenters. The Labute approximate surface area is 81.0 Å². The van der Waals surface area contributed by atoms with E-state index < -0.39 is 6.10 Å². The van der Waals surface area contributed by atoms with E-state index in [0.717, 1.165) is 10.8 Å². The Morgan fingerprint density at radius 3 is 2.86 bits per heavy atom. The Morgan fingerprint density at radius 1 is 1.29 bits per heavy atom. The van der Waals surface area contributed by atoms with E-state index in [1.54, 1.807) is 6.20 Å². The molecule has 2 rings (SSSR count). The molecule has 0 aliphatic carbocycles. The van der Waals surface area contributed by atoms with E-state index in [2.05, 4.69) is 4.98 Å². The third-order valence-corrected chi connectivity index (χ3v) is 2.15. The Morgan fingerprint density at radius 2 is 2.07 bits per heavy atom. The minimum absolute atomic E-state index is 0.503. The van der Waals surface area contributed by atoms with Gasteiger partial charge in [0.2, 0.25) is 0 Å². The van der Waals surface area contributed by atoms with Gasteiger partial charge < -0.3 is 9.90 Å². The molecule has 0 saturated heterocycles. The summed E-state index contributed by atoms with van der Waals surface area (Å²) in [5, 5.41) is 11.2. The predicted octanol–water partition coefficient (Wildman–Crippen LogP) is 1.47. The standard InChI is InChI=1S/C11H9NO2/c13-7-11(14)10-6-12-5-8-3-1-2-4-9(8)10/h1-7,11,14H. The van der Waals surface area contributed by atoms with Crippen LogP contribution in [-0.4, -0.2) is 16.4 Å². The minimum atomic E-state index is -1.09. The molecular weight excluding hydrogens is 178 g/mol. The number of nitrogens with zero attached hydrogens (tertiary/aromatic N) is 1. The maximum Gasteiger partial charge on any atom is 0.153 e. The van der Waals surface area contributed by atoms with E-state index in [9.17, 15) is 9.90 Å². The zero-order valence-electron chi connectivity index (χ0n) is 7.42. The van der Waals surface area contributed by atoms with Gasteiger partial charge in [-0.15, -0.1) is 0 Å². The smallest absolute Gasteiger partial charge is 0.153 e. The number of hydrogen-bond acceptors (Lipinski definition) is 3. The molecule has 0 bridgehead atoms. The van der Waals surface area contributed by atoms with Crippen LogP contribution < -0.4 is 0 Å². The summed E-state index contributed by atoms with van der Waals surface area (Å²) in [5.74, 6) is 0. The van der Waals surface area contributed by atoms with Gasteiger partial charge in [-0.05, 0) is 5.39 Å². The number of aldehydes is 1. The Kier molecular flexibility index (Phi) is 2.24. The zero-order chi connectivity index (χ0) is 9.97. The number of fused-ring (bicyclic) bond motifs is 1. The average molecular weight is 187 g/mol. The highest BCUT2D eigenvalue weighted by Gasteiger charge is 2.09. The Bertz CT molecular complexity index is 462. The molecule has 3 nitrogen and oxygen atoms in total. The second-order valence-electron chi connectivity index (χ2n) is 3.03. The molecule has 0 fully saturated rings. The molecule has 70 valence electrons. The SMILES string of the molecule is O=CC(O)c1cncc2ccccc12. The van der Waals surface area contributed by atoms with Crippen LogP contribution in [0.3, 0.4) is 0 Å². The van der Waals surface area contributed by atoms with Gasteiger partial charge in [-0.25, -0.2) is 0 Å². The molecule has 1 heterocycles. The van der Waals surface area contributed by atoms with Gasteiger partial charge in [0.05, 0.1) is 0 Å². The molecule has 14 heavy (non-hydrogen) atoms. The van der Waals surface area contributed by atoms with Crippen LogP contribution in [0.2, 0.25) is 0 Å². The number of pyridine rings is 1. The number of aliphatic hydroxyl groups is 1. The summed E-state index contributed by atoms with van der Waals surface area (Å²) in [7, 11) is 0. The highest BCUT2D eigenvalue weighted by molar-refractivity contribution is 5.87. The van der Waals surface area contributed by atoms with Crippen molar-refractivity contribution in [3.63, 3.8) is 0 Å². The van der Waals surface area contributed by atoms with Crippen molar-refractivity contribution in [3.8, 4) is 0 Å². The van der Waals surface area contributed by atoms with E-state index in [1.165, 1.54) is 6.20 Å². The van der Waals surface area contributed by atoms with Crippen LogP contribution in [0.25, 0.3) is 10.8 Å². The van der Waals surface area contributed by atoms with Gasteiger partial charge in [0.1, 0.15) is 6.10 Å². The monoisotopic (exact) mass is 187 g/mol. The van der Waals surface area contributed by atoms with Crippen molar-refractivity contribution in [2.45, 2.75) is 6.10 Å². The van der Waals surface area contributed by atoms with Gasteiger partial charge in [0.15, 0.2) is 6.29 Å². The fourth-order valence-electron chi connectivity index (χ4n) is 1.45. The molecule has 1 aromatic carbocycles. The predicted molar refractivity (Wildman–Crippen MR) is 52.8 cm³/mol. The average Bonchev–Trinajstić information content (AvgIpc) is 2.27. The minimum Gasteiger partial charge on any atom is -0.381 e. The second kappa shape index (κ2) is 3.55. The number of carbonyl (C=O) groups is 1. The molecule has 2 aromatic rings. The van der Waals surface area contributed by atoms with Crippen molar-refractivity contribution in [1.82, 2.24) is 4.98 Å². The molecule has 0 amide bonds. The Balaban J connectivity index is 2.70. The molecular formula is C11H9NO2. The first kappa shape index (κ1) is 8.84. The number of benzene rings is 1. The Hall–Kier alpha value is -1.74. The summed E-state index contributed by atoms with van der Waals surface area (Å²) >= 11 is 0. The van der Waals surface area contributed by atoms with Gasteiger partial charge in [0, 0.05) is 23.3 Å². The quantitative estimate of drug-likeness (QED) is 0.724. The highest BCUT2D eigenvalue weighted by Crippen LogP contribution is 2.21.